The summed E-state index contributed by atoms with van der Waals surface area (Å²) < 4.78 is 0. The molecule has 1 unspecified atom stereocenters. The molecule has 1 aromatic carbocycles. The highest BCUT2D eigenvalue weighted by molar-refractivity contribution is 6.35. The van der Waals surface area contributed by atoms with Gasteiger partial charge in [-0.25, -0.2) is 0 Å². The largest absolute Gasteiger partial charge is 0.394 e. The normalized spacial score (nSPS) is 19.9. The lowest BCUT2D eigenvalue weighted by atomic mass is 10.0. The van der Waals surface area contributed by atoms with Gasteiger partial charge in [0.2, 0.25) is 0 Å². The first-order chi connectivity index (χ1) is 8.61. The number of hydrogen-bond acceptors (Lipinski definition) is 2. The molecule has 0 saturated carbocycles. The lowest BCUT2D eigenvalue weighted by Gasteiger charge is -2.34. The van der Waals surface area contributed by atoms with Crippen LogP contribution in [0.1, 0.15) is 29.6 Å². The average molecular weight is 288 g/mol. The molecule has 1 aromatic rings. The van der Waals surface area contributed by atoms with Crippen molar-refractivity contribution in [3.8, 4) is 0 Å². The molecule has 5 heteroatoms. The lowest BCUT2D eigenvalue weighted by Crippen LogP contribution is -2.45. The number of carbonyl (C=O) groups is 1. The molecule has 1 fully saturated rings. The topological polar surface area (TPSA) is 40.5 Å². The minimum absolute atomic E-state index is 0.0000376. The first kappa shape index (κ1) is 13.7. The molecule has 1 aliphatic heterocycles. The average Bonchev–Trinajstić information content (AvgIpc) is 2.36. The second-order valence-electron chi connectivity index (χ2n) is 4.49. The predicted octanol–water partition coefficient (Wildman–Crippen LogP) is 2.98. The summed E-state index contributed by atoms with van der Waals surface area (Å²) in [6.07, 6.45) is 2.86. The van der Waals surface area contributed by atoms with E-state index in [4.69, 9.17) is 23.2 Å². The van der Waals surface area contributed by atoms with E-state index in [1.807, 2.05) is 0 Å². The predicted molar refractivity (Wildman–Crippen MR) is 72.2 cm³/mol. The Morgan fingerprint density at radius 1 is 1.28 bits per heavy atom. The Balaban J connectivity index is 2.23. The molecule has 0 spiro atoms. The number of aliphatic hydroxyl groups excluding tert-OH is 1. The first-order valence-corrected chi connectivity index (χ1v) is 6.75. The number of carbonyl (C=O) groups excluding carboxylic acids is 1. The molecule has 1 saturated heterocycles. The Bertz CT molecular complexity index is 430. The van der Waals surface area contributed by atoms with Gasteiger partial charge in [0.15, 0.2) is 0 Å². The molecule has 1 amide bonds. The number of nitrogens with zero attached hydrogens (tertiary/aromatic N) is 1. The summed E-state index contributed by atoms with van der Waals surface area (Å²) >= 11 is 11.8. The summed E-state index contributed by atoms with van der Waals surface area (Å²) in [6.45, 7) is 0.675. The molecule has 18 heavy (non-hydrogen) atoms. The van der Waals surface area contributed by atoms with Crippen LogP contribution < -0.4 is 0 Å². The summed E-state index contributed by atoms with van der Waals surface area (Å²) in [6, 6.07) is 4.72. The molecular weight excluding hydrogens is 273 g/mol. The standard InChI is InChI=1S/C13H15Cl2NO2/c14-10-5-9(6-11(15)7-10)13(18)16-4-2-1-3-12(16)8-17/h5-7,12,17H,1-4,8H2. The fraction of sp³-hybridized carbons (Fsp3) is 0.462. The van der Waals surface area contributed by atoms with Crippen molar-refractivity contribution in [3.63, 3.8) is 0 Å². The number of aliphatic hydroxyl groups is 1. The maximum Gasteiger partial charge on any atom is 0.254 e. The van der Waals surface area contributed by atoms with E-state index < -0.39 is 0 Å². The van der Waals surface area contributed by atoms with Crippen LogP contribution >= 0.6 is 23.2 Å². The zero-order valence-corrected chi connectivity index (χ0v) is 11.4. The summed E-state index contributed by atoms with van der Waals surface area (Å²) in [7, 11) is 0. The van der Waals surface area contributed by atoms with Gasteiger partial charge in [0, 0.05) is 22.2 Å². The molecule has 2 rings (SSSR count). The van der Waals surface area contributed by atoms with E-state index in [-0.39, 0.29) is 18.6 Å². The van der Waals surface area contributed by atoms with Gasteiger partial charge in [-0.2, -0.15) is 0 Å². The van der Waals surface area contributed by atoms with Crippen molar-refractivity contribution < 1.29 is 9.90 Å². The molecule has 1 atom stereocenters. The highest BCUT2D eigenvalue weighted by Crippen LogP contribution is 2.23. The lowest BCUT2D eigenvalue weighted by molar-refractivity contribution is 0.0503. The van der Waals surface area contributed by atoms with Gasteiger partial charge < -0.3 is 10.0 Å². The zero-order chi connectivity index (χ0) is 13.1. The van der Waals surface area contributed by atoms with Crippen molar-refractivity contribution in [1.29, 1.82) is 0 Å². The van der Waals surface area contributed by atoms with Crippen molar-refractivity contribution in [3.05, 3.63) is 33.8 Å². The smallest absolute Gasteiger partial charge is 0.254 e. The Morgan fingerprint density at radius 2 is 1.94 bits per heavy atom. The van der Waals surface area contributed by atoms with Crippen molar-refractivity contribution in [2.75, 3.05) is 13.2 Å². The summed E-state index contributed by atoms with van der Waals surface area (Å²) in [5, 5.41) is 10.2. The highest BCUT2D eigenvalue weighted by atomic mass is 35.5. The maximum absolute atomic E-state index is 12.4. The number of likely N-dealkylation sites (tertiary alicyclic amines) is 1. The number of benzene rings is 1. The van der Waals surface area contributed by atoms with Crippen LogP contribution in [0.15, 0.2) is 18.2 Å². The van der Waals surface area contributed by atoms with Crippen molar-refractivity contribution in [1.82, 2.24) is 4.90 Å². The van der Waals surface area contributed by atoms with Crippen LogP contribution in [0.4, 0.5) is 0 Å². The molecule has 0 aromatic heterocycles. The van der Waals surface area contributed by atoms with E-state index in [2.05, 4.69) is 0 Å². The quantitative estimate of drug-likeness (QED) is 0.909. The Labute approximate surface area is 116 Å². The van der Waals surface area contributed by atoms with E-state index in [1.165, 1.54) is 0 Å². The molecule has 1 aliphatic rings. The van der Waals surface area contributed by atoms with E-state index in [1.54, 1.807) is 23.1 Å². The van der Waals surface area contributed by atoms with Crippen LogP contribution in [0.25, 0.3) is 0 Å². The van der Waals surface area contributed by atoms with Crippen LogP contribution in [0.5, 0.6) is 0 Å². The summed E-state index contributed by atoms with van der Waals surface area (Å²) in [5.41, 5.74) is 0.479. The molecule has 0 radical (unpaired) electrons. The number of halogens is 2. The zero-order valence-electron chi connectivity index (χ0n) is 9.90. The molecule has 0 bridgehead atoms. The van der Waals surface area contributed by atoms with Gasteiger partial charge in [-0.15, -0.1) is 0 Å². The van der Waals surface area contributed by atoms with E-state index in [9.17, 15) is 9.90 Å². The van der Waals surface area contributed by atoms with Crippen LogP contribution in [0, 0.1) is 0 Å². The number of amides is 1. The fourth-order valence-corrected chi connectivity index (χ4v) is 2.83. The maximum atomic E-state index is 12.4. The van der Waals surface area contributed by atoms with Crippen molar-refractivity contribution >= 4 is 29.1 Å². The van der Waals surface area contributed by atoms with Gasteiger partial charge in [-0.3, -0.25) is 4.79 Å². The van der Waals surface area contributed by atoms with Crippen LogP contribution in [-0.4, -0.2) is 35.1 Å². The van der Waals surface area contributed by atoms with E-state index >= 15 is 0 Å². The monoisotopic (exact) mass is 287 g/mol. The minimum atomic E-state index is -0.113. The Hall–Kier alpha value is -0.770. The van der Waals surface area contributed by atoms with E-state index in [0.29, 0.717) is 22.2 Å². The summed E-state index contributed by atoms with van der Waals surface area (Å²) in [5.74, 6) is -0.113. The van der Waals surface area contributed by atoms with Gasteiger partial charge in [-0.1, -0.05) is 23.2 Å². The third-order valence-electron chi connectivity index (χ3n) is 3.21. The van der Waals surface area contributed by atoms with Crippen molar-refractivity contribution in [2.24, 2.45) is 0 Å². The van der Waals surface area contributed by atoms with Gasteiger partial charge >= 0.3 is 0 Å². The number of piperidine rings is 1. The van der Waals surface area contributed by atoms with Crippen LogP contribution in [0.3, 0.4) is 0 Å². The van der Waals surface area contributed by atoms with Gasteiger partial charge in [-0.05, 0) is 37.5 Å². The molecule has 0 aliphatic carbocycles. The fourth-order valence-electron chi connectivity index (χ4n) is 2.30. The second-order valence-corrected chi connectivity index (χ2v) is 5.36. The van der Waals surface area contributed by atoms with Crippen LogP contribution in [0.2, 0.25) is 10.0 Å². The van der Waals surface area contributed by atoms with Gasteiger partial charge in [0.05, 0.1) is 12.6 Å². The molecule has 1 N–H and O–H groups in total. The SMILES string of the molecule is O=C(c1cc(Cl)cc(Cl)c1)N1CCCCC1CO. The Morgan fingerprint density at radius 3 is 2.56 bits per heavy atom. The first-order valence-electron chi connectivity index (χ1n) is 5.99. The molecule has 1 heterocycles. The van der Waals surface area contributed by atoms with Gasteiger partial charge in [0.1, 0.15) is 0 Å². The number of hydrogen-bond donors (Lipinski definition) is 1. The summed E-state index contributed by atoms with van der Waals surface area (Å²) in [4.78, 5) is 14.1. The third-order valence-corrected chi connectivity index (χ3v) is 3.64. The van der Waals surface area contributed by atoms with Crippen molar-refractivity contribution in [2.45, 2.75) is 25.3 Å². The minimum Gasteiger partial charge on any atom is -0.394 e. The second kappa shape index (κ2) is 5.91. The van der Waals surface area contributed by atoms with Crippen LogP contribution in [-0.2, 0) is 0 Å². The molecule has 98 valence electrons. The molecule has 3 nitrogen and oxygen atoms in total. The molecular formula is C13H15Cl2NO2. The van der Waals surface area contributed by atoms with Gasteiger partial charge in [0.25, 0.3) is 5.91 Å². The highest BCUT2D eigenvalue weighted by Gasteiger charge is 2.27. The third kappa shape index (κ3) is 2.97. The number of rotatable bonds is 2. The van der Waals surface area contributed by atoms with E-state index in [0.717, 1.165) is 19.3 Å². The Kier molecular flexibility index (Phi) is 4.49.